The lowest BCUT2D eigenvalue weighted by atomic mass is 10.0. The molecule has 1 aromatic rings. The minimum atomic E-state index is 0. The van der Waals surface area contributed by atoms with E-state index in [1.165, 1.54) is 0 Å². The summed E-state index contributed by atoms with van der Waals surface area (Å²) in [6.07, 6.45) is 2.08. The van der Waals surface area contributed by atoms with Crippen LogP contribution in [0.2, 0.25) is 0 Å². The van der Waals surface area contributed by atoms with Gasteiger partial charge in [0.2, 0.25) is 0 Å². The molecule has 0 bridgehead atoms. The zero-order valence-electron chi connectivity index (χ0n) is 9.00. The molecule has 0 aromatic heterocycles. The van der Waals surface area contributed by atoms with Crippen LogP contribution >= 0.6 is 28.3 Å². The summed E-state index contributed by atoms with van der Waals surface area (Å²) >= 11 is 3.49. The van der Waals surface area contributed by atoms with Gasteiger partial charge in [0.15, 0.2) is 0 Å². The lowest BCUT2D eigenvalue weighted by Gasteiger charge is -2.13. The van der Waals surface area contributed by atoms with E-state index in [-0.39, 0.29) is 18.4 Å². The van der Waals surface area contributed by atoms with E-state index < -0.39 is 0 Å². The molecule has 1 aromatic carbocycles. The second kappa shape index (κ2) is 7.09. The van der Waals surface area contributed by atoms with Crippen LogP contribution in [-0.2, 0) is 0 Å². The fraction of sp³-hybridized carbons (Fsp3) is 0.455. The number of methoxy groups -OCH3 is 1. The van der Waals surface area contributed by atoms with Crippen molar-refractivity contribution in [3.63, 3.8) is 0 Å². The van der Waals surface area contributed by atoms with Crippen LogP contribution in [0.25, 0.3) is 0 Å². The predicted molar refractivity (Wildman–Crippen MR) is 69.8 cm³/mol. The van der Waals surface area contributed by atoms with Gasteiger partial charge in [0.1, 0.15) is 5.75 Å². The van der Waals surface area contributed by atoms with Crippen LogP contribution in [0.4, 0.5) is 0 Å². The van der Waals surface area contributed by atoms with Gasteiger partial charge in [-0.3, -0.25) is 0 Å². The molecule has 0 heterocycles. The van der Waals surface area contributed by atoms with Crippen LogP contribution in [0.3, 0.4) is 0 Å². The Labute approximate surface area is 106 Å². The third-order valence-electron chi connectivity index (χ3n) is 2.20. The van der Waals surface area contributed by atoms with Crippen LogP contribution in [0.1, 0.15) is 31.4 Å². The Morgan fingerprint density at radius 1 is 1.47 bits per heavy atom. The van der Waals surface area contributed by atoms with Gasteiger partial charge in [-0.15, -0.1) is 12.4 Å². The maximum atomic E-state index is 6.04. The van der Waals surface area contributed by atoms with Crippen molar-refractivity contribution in [2.75, 3.05) is 7.11 Å². The van der Waals surface area contributed by atoms with E-state index in [1.807, 2.05) is 18.2 Å². The van der Waals surface area contributed by atoms with Crippen LogP contribution in [0, 0.1) is 0 Å². The number of benzene rings is 1. The molecule has 0 aliphatic heterocycles. The summed E-state index contributed by atoms with van der Waals surface area (Å²) < 4.78 is 6.22. The molecule has 0 aliphatic carbocycles. The van der Waals surface area contributed by atoms with E-state index in [0.29, 0.717) is 0 Å². The van der Waals surface area contributed by atoms with Crippen molar-refractivity contribution in [2.24, 2.45) is 5.73 Å². The molecule has 4 heteroatoms. The fourth-order valence-electron chi connectivity index (χ4n) is 1.40. The molecule has 0 saturated heterocycles. The van der Waals surface area contributed by atoms with Gasteiger partial charge in [-0.25, -0.2) is 0 Å². The quantitative estimate of drug-likeness (QED) is 0.919. The average molecular weight is 295 g/mol. The molecule has 86 valence electrons. The molecule has 2 nitrogen and oxygen atoms in total. The van der Waals surface area contributed by atoms with Crippen LogP contribution in [-0.4, -0.2) is 7.11 Å². The lowest BCUT2D eigenvalue weighted by molar-refractivity contribution is 0.413. The molecule has 0 spiro atoms. The maximum absolute atomic E-state index is 6.04. The van der Waals surface area contributed by atoms with Crippen LogP contribution < -0.4 is 10.5 Å². The van der Waals surface area contributed by atoms with Gasteiger partial charge in [0.05, 0.1) is 7.11 Å². The predicted octanol–water partition coefficient (Wildman–Crippen LogP) is 3.68. The van der Waals surface area contributed by atoms with Gasteiger partial charge in [-0.2, -0.15) is 0 Å². The van der Waals surface area contributed by atoms with Gasteiger partial charge in [-0.05, 0) is 30.2 Å². The Morgan fingerprint density at radius 2 is 2.13 bits per heavy atom. The molecule has 0 saturated carbocycles. The Morgan fingerprint density at radius 3 is 2.67 bits per heavy atom. The highest BCUT2D eigenvalue weighted by Gasteiger charge is 2.09. The van der Waals surface area contributed by atoms with Gasteiger partial charge >= 0.3 is 0 Å². The number of nitrogens with two attached hydrogens (primary N) is 1. The summed E-state index contributed by atoms with van der Waals surface area (Å²) in [6, 6.07) is 5.98. The molecule has 0 fully saturated rings. The van der Waals surface area contributed by atoms with Crippen molar-refractivity contribution < 1.29 is 4.74 Å². The Hall–Kier alpha value is -0.250. The van der Waals surface area contributed by atoms with Crippen molar-refractivity contribution in [2.45, 2.75) is 25.8 Å². The Bertz CT molecular complexity index is 307. The van der Waals surface area contributed by atoms with Gasteiger partial charge < -0.3 is 10.5 Å². The summed E-state index contributed by atoms with van der Waals surface area (Å²) in [7, 11) is 1.67. The fourth-order valence-corrected chi connectivity index (χ4v) is 1.94. The zero-order chi connectivity index (χ0) is 10.6. The highest BCUT2D eigenvalue weighted by atomic mass is 79.9. The summed E-state index contributed by atoms with van der Waals surface area (Å²) in [6.45, 7) is 2.13. The molecule has 15 heavy (non-hydrogen) atoms. The second-order valence-corrected chi connectivity index (χ2v) is 4.14. The van der Waals surface area contributed by atoms with E-state index in [4.69, 9.17) is 10.5 Å². The number of hydrogen-bond acceptors (Lipinski definition) is 2. The third kappa shape index (κ3) is 4.01. The highest BCUT2D eigenvalue weighted by Crippen LogP contribution is 2.28. The molecule has 1 rings (SSSR count). The lowest BCUT2D eigenvalue weighted by Crippen LogP contribution is -2.10. The number of halogens is 2. The normalized spacial score (nSPS) is 11.7. The zero-order valence-corrected chi connectivity index (χ0v) is 11.4. The summed E-state index contributed by atoms with van der Waals surface area (Å²) in [5, 5.41) is 0. The second-order valence-electron chi connectivity index (χ2n) is 3.28. The number of hydrogen-bond donors (Lipinski definition) is 1. The first kappa shape index (κ1) is 14.8. The molecule has 0 radical (unpaired) electrons. The highest BCUT2D eigenvalue weighted by molar-refractivity contribution is 9.10. The third-order valence-corrected chi connectivity index (χ3v) is 2.92. The first-order valence-corrected chi connectivity index (χ1v) is 5.57. The van der Waals surface area contributed by atoms with E-state index in [2.05, 4.69) is 22.9 Å². The summed E-state index contributed by atoms with van der Waals surface area (Å²) in [5.74, 6) is 0.856. The largest absolute Gasteiger partial charge is 0.497 e. The monoisotopic (exact) mass is 293 g/mol. The van der Waals surface area contributed by atoms with Gasteiger partial charge in [0.25, 0.3) is 0 Å². The van der Waals surface area contributed by atoms with E-state index in [9.17, 15) is 0 Å². The number of rotatable bonds is 4. The molecular formula is C11H17BrClNO. The van der Waals surface area contributed by atoms with E-state index in [1.54, 1.807) is 7.11 Å². The molecule has 2 N–H and O–H groups in total. The maximum Gasteiger partial charge on any atom is 0.119 e. The molecule has 0 unspecified atom stereocenters. The van der Waals surface area contributed by atoms with Crippen LogP contribution in [0.5, 0.6) is 5.75 Å². The van der Waals surface area contributed by atoms with Gasteiger partial charge in [0, 0.05) is 10.5 Å². The first-order valence-electron chi connectivity index (χ1n) is 4.78. The van der Waals surface area contributed by atoms with Crippen molar-refractivity contribution >= 4 is 28.3 Å². The topological polar surface area (TPSA) is 35.2 Å². The smallest absolute Gasteiger partial charge is 0.119 e. The van der Waals surface area contributed by atoms with E-state index >= 15 is 0 Å². The molecule has 0 amide bonds. The summed E-state index contributed by atoms with van der Waals surface area (Å²) in [5.41, 5.74) is 7.16. The van der Waals surface area contributed by atoms with E-state index in [0.717, 1.165) is 28.6 Å². The van der Waals surface area contributed by atoms with Gasteiger partial charge in [-0.1, -0.05) is 29.3 Å². The standard InChI is InChI=1S/C11H16BrNO.ClH/c1-3-4-11(13)9-7-8(14-2)5-6-10(9)12;/h5-7,11H,3-4,13H2,1-2H3;1H/t11-;/m0./s1. The number of ether oxygens (including phenoxy) is 1. The minimum absolute atomic E-state index is 0. The average Bonchev–Trinajstić information content (AvgIpc) is 2.19. The molecule has 1 atom stereocenters. The van der Waals surface area contributed by atoms with Crippen LogP contribution in [0.15, 0.2) is 22.7 Å². The van der Waals surface area contributed by atoms with Crippen molar-refractivity contribution in [1.29, 1.82) is 0 Å². The molecular weight excluding hydrogens is 277 g/mol. The summed E-state index contributed by atoms with van der Waals surface area (Å²) in [4.78, 5) is 0. The molecule has 0 aliphatic rings. The van der Waals surface area contributed by atoms with Crippen molar-refractivity contribution in [3.05, 3.63) is 28.2 Å². The van der Waals surface area contributed by atoms with Crippen molar-refractivity contribution in [3.8, 4) is 5.75 Å². The Balaban J connectivity index is 0.00000196. The SMILES string of the molecule is CCC[C@H](N)c1cc(OC)ccc1Br.Cl. The Kier molecular flexibility index (Phi) is 6.98. The van der Waals surface area contributed by atoms with Crippen molar-refractivity contribution in [1.82, 2.24) is 0 Å². The first-order chi connectivity index (χ1) is 6.69. The minimum Gasteiger partial charge on any atom is -0.497 e.